The van der Waals surface area contributed by atoms with Crippen LogP contribution in [0.5, 0.6) is 0 Å². The van der Waals surface area contributed by atoms with Gasteiger partial charge in [0.1, 0.15) is 5.82 Å². The number of piperidine rings is 1. The number of nitrogens with one attached hydrogen (secondary N) is 1. The molecule has 1 aliphatic heterocycles. The largest absolute Gasteiger partial charge is 0.350 e. The number of para-hydroxylation sites is 1. The zero-order valence-electron chi connectivity index (χ0n) is 16.6. The monoisotopic (exact) mass is 371 g/mol. The molecule has 2 aromatic rings. The fraction of sp³-hybridized carbons (Fsp3) is 0.550. The maximum atomic E-state index is 12.6. The summed E-state index contributed by atoms with van der Waals surface area (Å²) in [6.07, 6.45) is 1.76. The molecule has 3 rings (SSSR count). The first kappa shape index (κ1) is 19.4. The summed E-state index contributed by atoms with van der Waals surface area (Å²) in [5.74, 6) is 1.08. The number of nitrogens with zero attached hydrogens (tertiary/aromatic N) is 4. The van der Waals surface area contributed by atoms with Crippen molar-refractivity contribution in [2.24, 2.45) is 7.05 Å². The smallest absolute Gasteiger partial charge is 0.350 e. The number of aromatic nitrogens is 3. The van der Waals surface area contributed by atoms with Gasteiger partial charge in [0, 0.05) is 18.5 Å². The minimum absolute atomic E-state index is 0.0555. The van der Waals surface area contributed by atoms with Gasteiger partial charge in [-0.2, -0.15) is 5.10 Å². The van der Waals surface area contributed by atoms with E-state index in [0.29, 0.717) is 6.54 Å². The van der Waals surface area contributed by atoms with Crippen LogP contribution in [-0.4, -0.2) is 50.3 Å². The van der Waals surface area contributed by atoms with Gasteiger partial charge < -0.3 is 5.32 Å². The van der Waals surface area contributed by atoms with Crippen molar-refractivity contribution in [1.82, 2.24) is 24.6 Å². The Bertz CT molecular complexity index is 839. The molecular weight excluding hydrogens is 342 g/mol. The van der Waals surface area contributed by atoms with E-state index >= 15 is 0 Å². The molecule has 1 aromatic heterocycles. The van der Waals surface area contributed by atoms with Gasteiger partial charge in [-0.05, 0) is 58.8 Å². The number of likely N-dealkylation sites (tertiary alicyclic amines) is 1. The average Bonchev–Trinajstić information content (AvgIpc) is 2.90. The Labute approximate surface area is 160 Å². The predicted molar refractivity (Wildman–Crippen MR) is 105 cm³/mol. The van der Waals surface area contributed by atoms with Crippen LogP contribution in [0.1, 0.15) is 45.4 Å². The lowest BCUT2D eigenvalue weighted by atomic mass is 9.95. The second kappa shape index (κ2) is 7.68. The summed E-state index contributed by atoms with van der Waals surface area (Å²) in [7, 11) is 1.69. The maximum Gasteiger partial charge on any atom is 0.350 e. The normalized spacial score (nSPS) is 16.4. The molecule has 0 saturated carbocycles. The highest BCUT2D eigenvalue weighted by molar-refractivity contribution is 5.78. The van der Waals surface area contributed by atoms with Gasteiger partial charge >= 0.3 is 5.69 Å². The highest BCUT2D eigenvalue weighted by Crippen LogP contribution is 2.27. The molecule has 7 nitrogen and oxygen atoms in total. The first-order valence-electron chi connectivity index (χ1n) is 9.49. The SMILES string of the molecule is Cn1nc(C2CCN(CC(=O)NC(C)(C)C)CC2)n(-c2ccccc2)c1=O. The topological polar surface area (TPSA) is 72.2 Å². The Morgan fingerprint density at radius 2 is 1.81 bits per heavy atom. The summed E-state index contributed by atoms with van der Waals surface area (Å²) in [6.45, 7) is 8.02. The second-order valence-electron chi connectivity index (χ2n) is 8.28. The Morgan fingerprint density at radius 1 is 1.19 bits per heavy atom. The highest BCUT2D eigenvalue weighted by Gasteiger charge is 2.28. The summed E-state index contributed by atoms with van der Waals surface area (Å²) < 4.78 is 3.12. The molecule has 146 valence electrons. The summed E-state index contributed by atoms with van der Waals surface area (Å²) in [5.41, 5.74) is 0.510. The quantitative estimate of drug-likeness (QED) is 0.887. The van der Waals surface area contributed by atoms with E-state index in [-0.39, 0.29) is 23.1 Å². The van der Waals surface area contributed by atoms with Crippen molar-refractivity contribution in [2.45, 2.75) is 45.1 Å². The van der Waals surface area contributed by atoms with Gasteiger partial charge in [-0.15, -0.1) is 0 Å². The molecule has 0 radical (unpaired) electrons. The highest BCUT2D eigenvalue weighted by atomic mass is 16.2. The van der Waals surface area contributed by atoms with E-state index in [2.05, 4.69) is 15.3 Å². The molecule has 1 aromatic carbocycles. The molecule has 1 saturated heterocycles. The van der Waals surface area contributed by atoms with E-state index in [0.717, 1.165) is 37.4 Å². The summed E-state index contributed by atoms with van der Waals surface area (Å²) in [6, 6.07) is 9.65. The van der Waals surface area contributed by atoms with Crippen molar-refractivity contribution in [3.8, 4) is 5.69 Å². The molecule has 2 heterocycles. The molecule has 1 aliphatic rings. The summed E-state index contributed by atoms with van der Waals surface area (Å²) >= 11 is 0. The van der Waals surface area contributed by atoms with E-state index in [1.54, 1.807) is 11.6 Å². The molecule has 0 atom stereocenters. The number of carbonyl (C=O) groups is 1. The molecule has 0 bridgehead atoms. The van der Waals surface area contributed by atoms with Crippen molar-refractivity contribution < 1.29 is 4.79 Å². The van der Waals surface area contributed by atoms with Crippen LogP contribution in [0.4, 0.5) is 0 Å². The zero-order valence-corrected chi connectivity index (χ0v) is 16.6. The summed E-state index contributed by atoms with van der Waals surface area (Å²) in [5, 5.41) is 7.52. The molecule has 1 fully saturated rings. The molecule has 7 heteroatoms. The number of carbonyl (C=O) groups excluding carboxylic acids is 1. The van der Waals surface area contributed by atoms with Crippen molar-refractivity contribution in [2.75, 3.05) is 19.6 Å². The van der Waals surface area contributed by atoms with E-state index in [9.17, 15) is 9.59 Å². The Kier molecular flexibility index (Phi) is 5.51. The van der Waals surface area contributed by atoms with Crippen LogP contribution in [0.25, 0.3) is 5.69 Å². The van der Waals surface area contributed by atoms with Gasteiger partial charge in [0.05, 0.1) is 12.2 Å². The van der Waals surface area contributed by atoms with Crippen LogP contribution in [0.3, 0.4) is 0 Å². The standard InChI is InChI=1S/C20H29N5O2/c1-20(2,3)21-17(26)14-24-12-10-15(11-13-24)18-22-23(4)19(27)25(18)16-8-6-5-7-9-16/h5-9,15H,10-14H2,1-4H3,(H,21,26). The third-order valence-electron chi connectivity index (χ3n) is 4.80. The number of hydrogen-bond donors (Lipinski definition) is 1. The average molecular weight is 371 g/mol. The van der Waals surface area contributed by atoms with Gasteiger partial charge in [0.2, 0.25) is 5.91 Å². The number of rotatable bonds is 4. The van der Waals surface area contributed by atoms with Crippen molar-refractivity contribution in [3.05, 3.63) is 46.6 Å². The van der Waals surface area contributed by atoms with Crippen molar-refractivity contribution in [3.63, 3.8) is 0 Å². The van der Waals surface area contributed by atoms with Gasteiger partial charge in [-0.25, -0.2) is 14.0 Å². The molecule has 0 aliphatic carbocycles. The lowest BCUT2D eigenvalue weighted by molar-refractivity contribution is -0.123. The molecule has 0 unspecified atom stereocenters. The molecular formula is C20H29N5O2. The first-order chi connectivity index (χ1) is 12.7. The van der Waals surface area contributed by atoms with E-state index < -0.39 is 0 Å². The fourth-order valence-corrected chi connectivity index (χ4v) is 3.58. The lowest BCUT2D eigenvalue weighted by Crippen LogP contribution is -2.47. The third kappa shape index (κ3) is 4.66. The third-order valence-corrected chi connectivity index (χ3v) is 4.80. The molecule has 1 amide bonds. The number of hydrogen-bond acceptors (Lipinski definition) is 4. The lowest BCUT2D eigenvalue weighted by Gasteiger charge is -2.32. The first-order valence-corrected chi connectivity index (χ1v) is 9.49. The second-order valence-corrected chi connectivity index (χ2v) is 8.28. The van der Waals surface area contributed by atoms with Crippen LogP contribution in [0.15, 0.2) is 35.1 Å². The summed E-state index contributed by atoms with van der Waals surface area (Å²) in [4.78, 5) is 26.9. The fourth-order valence-electron chi connectivity index (χ4n) is 3.58. The molecule has 27 heavy (non-hydrogen) atoms. The number of benzene rings is 1. The van der Waals surface area contributed by atoms with Gasteiger partial charge in [0.25, 0.3) is 0 Å². The van der Waals surface area contributed by atoms with Crippen LogP contribution in [0, 0.1) is 0 Å². The molecule has 1 N–H and O–H groups in total. The molecule has 0 spiro atoms. The Hall–Kier alpha value is -2.41. The predicted octanol–water partition coefficient (Wildman–Crippen LogP) is 1.67. The van der Waals surface area contributed by atoms with Crippen LogP contribution in [-0.2, 0) is 11.8 Å². The van der Waals surface area contributed by atoms with E-state index in [4.69, 9.17) is 0 Å². The Balaban J connectivity index is 1.70. The number of aryl methyl sites for hydroxylation is 1. The number of amides is 1. The zero-order chi connectivity index (χ0) is 19.6. The minimum atomic E-state index is -0.213. The minimum Gasteiger partial charge on any atom is -0.350 e. The van der Waals surface area contributed by atoms with Crippen LogP contribution >= 0.6 is 0 Å². The van der Waals surface area contributed by atoms with E-state index in [1.165, 1.54) is 4.68 Å². The van der Waals surface area contributed by atoms with Crippen molar-refractivity contribution in [1.29, 1.82) is 0 Å². The Morgan fingerprint density at radius 3 is 2.41 bits per heavy atom. The van der Waals surface area contributed by atoms with Crippen LogP contribution < -0.4 is 11.0 Å². The maximum absolute atomic E-state index is 12.6. The van der Waals surface area contributed by atoms with E-state index in [1.807, 2.05) is 51.1 Å². The van der Waals surface area contributed by atoms with Crippen molar-refractivity contribution >= 4 is 5.91 Å². The van der Waals surface area contributed by atoms with Gasteiger partial charge in [0.15, 0.2) is 0 Å². The van der Waals surface area contributed by atoms with Gasteiger partial charge in [-0.1, -0.05) is 18.2 Å². The van der Waals surface area contributed by atoms with Gasteiger partial charge in [-0.3, -0.25) is 9.69 Å². The van der Waals surface area contributed by atoms with Crippen LogP contribution in [0.2, 0.25) is 0 Å².